The predicted molar refractivity (Wildman–Crippen MR) is 418 cm³/mol. The minimum absolute atomic E-state index is 0.0333. The van der Waals surface area contributed by atoms with Crippen molar-refractivity contribution in [2.75, 3.05) is 6.54 Å². The molecule has 3 aromatic heterocycles. The Balaban J connectivity index is 0.000000150. The number of pyridine rings is 1. The highest BCUT2D eigenvalue weighted by molar-refractivity contribution is 6.15. The molecule has 7 nitrogen and oxygen atoms in total. The van der Waals surface area contributed by atoms with Gasteiger partial charge in [0.2, 0.25) is 0 Å². The second-order valence-electron chi connectivity index (χ2n) is 26.0. The molecule has 0 radical (unpaired) electrons. The van der Waals surface area contributed by atoms with Crippen LogP contribution in [0.3, 0.4) is 0 Å². The van der Waals surface area contributed by atoms with E-state index < -0.39 is 0 Å². The van der Waals surface area contributed by atoms with Crippen LogP contribution in [-0.2, 0) is 6.42 Å². The number of rotatable bonds is 10. The third-order valence-electron chi connectivity index (χ3n) is 19.8. The summed E-state index contributed by atoms with van der Waals surface area (Å²) in [4.78, 5) is 35.5. The van der Waals surface area contributed by atoms with Gasteiger partial charge >= 0.3 is 0 Å². The Bertz CT molecular complexity index is 5820. The standard InChI is InChI=1S/C47H33N3.C46H36N4/c1-6-16-37-30(11-1)25-26-48-46(37)31-21-23-32(24-22-31)47-49-44(42-27-33-12-2-4-14-35(33)38-17-7-9-19-40(38)42)29-45(50-47)43-28-34-13-3-5-15-36(34)39-18-8-10-20-41(39)43;1-2-5-19-38(32-47-30-14-3-1)33-24-26-36(27-25-33)45-48-44(29-28-35-17-8-10-20-39(35)34-15-6-4-7-16-34)49-46(50-45)43-31-37-18-9-11-21-40(37)41-22-12-13-23-42(41)43/h1-2,4-12,14-23,25-29,32H,3,13,24H2;1-31,35,38-39H,32H2/b;2-1-,14-3-,19-5+,29-28+,47-30?. The van der Waals surface area contributed by atoms with Gasteiger partial charge in [-0.05, 0) is 149 Å². The molecule has 0 N–H and O–H groups in total. The summed E-state index contributed by atoms with van der Waals surface area (Å²) in [5, 5.41) is 14.4. The molecule has 18 rings (SSSR count). The molecule has 4 unspecified atom stereocenters. The normalized spacial score (nSPS) is 18.1. The fourth-order valence-corrected chi connectivity index (χ4v) is 14.8. The summed E-state index contributed by atoms with van der Waals surface area (Å²) in [6.45, 7) is 0.683. The first-order valence-electron chi connectivity index (χ1n) is 34.7. The molecule has 0 fully saturated rings. The number of benzene rings is 11. The summed E-state index contributed by atoms with van der Waals surface area (Å²) in [5.74, 6) is 3.38. The zero-order chi connectivity index (χ0) is 66.6. The Labute approximate surface area is 582 Å². The molecule has 4 atom stereocenters. The molecule has 0 bridgehead atoms. The Kier molecular flexibility index (Phi) is 16.9. The summed E-state index contributed by atoms with van der Waals surface area (Å²) < 4.78 is 0. The van der Waals surface area contributed by atoms with Crippen LogP contribution in [0, 0.1) is 5.92 Å². The maximum Gasteiger partial charge on any atom is 0.164 e. The van der Waals surface area contributed by atoms with Crippen LogP contribution in [0.4, 0.5) is 0 Å². The zero-order valence-corrected chi connectivity index (χ0v) is 55.2. The highest BCUT2D eigenvalue weighted by atomic mass is 15.0. The fourth-order valence-electron chi connectivity index (χ4n) is 14.8. The Morgan fingerprint density at radius 1 is 0.410 bits per heavy atom. The van der Waals surface area contributed by atoms with Crippen LogP contribution >= 0.6 is 0 Å². The van der Waals surface area contributed by atoms with Crippen molar-refractivity contribution in [3.8, 4) is 45.3 Å². The molecule has 4 heterocycles. The second kappa shape index (κ2) is 27.6. The van der Waals surface area contributed by atoms with E-state index in [0.717, 1.165) is 75.2 Å². The fraction of sp³-hybridized carbons (Fsp3) is 0.0860. The van der Waals surface area contributed by atoms with Crippen molar-refractivity contribution in [3.63, 3.8) is 0 Å². The van der Waals surface area contributed by atoms with Crippen molar-refractivity contribution in [1.82, 2.24) is 29.9 Å². The molecular weight excluding hydrogens is 1220 g/mol. The van der Waals surface area contributed by atoms with Crippen molar-refractivity contribution in [1.29, 1.82) is 0 Å². The zero-order valence-electron chi connectivity index (χ0n) is 55.2. The minimum atomic E-state index is 0.0333. The summed E-state index contributed by atoms with van der Waals surface area (Å²) in [6, 6.07) is 82.1. The second-order valence-corrected chi connectivity index (χ2v) is 26.0. The number of aliphatic imine (C=N–C) groups is 1. The van der Waals surface area contributed by atoms with Gasteiger partial charge in [0, 0.05) is 70.3 Å². The highest BCUT2D eigenvalue weighted by Crippen LogP contribution is 2.42. The van der Waals surface area contributed by atoms with Crippen LogP contribution in [0.5, 0.6) is 0 Å². The van der Waals surface area contributed by atoms with Crippen LogP contribution in [0.1, 0.15) is 70.2 Å². The number of nitrogens with zero attached hydrogens (tertiary/aromatic N) is 7. The Morgan fingerprint density at radius 3 is 1.75 bits per heavy atom. The van der Waals surface area contributed by atoms with Gasteiger partial charge in [-0.3, -0.25) is 9.98 Å². The molecule has 1 aliphatic heterocycles. The highest BCUT2D eigenvalue weighted by Gasteiger charge is 2.24. The molecule has 7 heteroatoms. The first-order chi connectivity index (χ1) is 49.6. The topological polar surface area (TPSA) is 89.7 Å². The van der Waals surface area contributed by atoms with Gasteiger partial charge in [0.1, 0.15) is 5.82 Å². The van der Waals surface area contributed by atoms with E-state index in [4.69, 9.17) is 29.9 Å². The van der Waals surface area contributed by atoms with Gasteiger partial charge in [0.15, 0.2) is 17.5 Å². The van der Waals surface area contributed by atoms with E-state index in [9.17, 15) is 0 Å². The maximum atomic E-state index is 5.42. The van der Waals surface area contributed by atoms with Crippen LogP contribution in [0.25, 0.3) is 128 Å². The monoisotopic (exact) mass is 1280 g/mol. The molecule has 100 heavy (non-hydrogen) atoms. The van der Waals surface area contributed by atoms with E-state index in [-0.39, 0.29) is 23.7 Å². The number of hydrogen-bond donors (Lipinski definition) is 0. The van der Waals surface area contributed by atoms with Crippen molar-refractivity contribution in [2.45, 2.75) is 37.0 Å². The average molecular weight is 1280 g/mol. The molecule has 0 saturated carbocycles. The lowest BCUT2D eigenvalue weighted by Crippen LogP contribution is -2.09. The summed E-state index contributed by atoms with van der Waals surface area (Å²) >= 11 is 0. The molecule has 3 aliphatic carbocycles. The van der Waals surface area contributed by atoms with E-state index >= 15 is 0 Å². The van der Waals surface area contributed by atoms with Gasteiger partial charge in [0.05, 0.1) is 17.1 Å². The van der Waals surface area contributed by atoms with Crippen LogP contribution in [0.15, 0.2) is 333 Å². The van der Waals surface area contributed by atoms with Crippen molar-refractivity contribution in [3.05, 3.63) is 367 Å². The summed E-state index contributed by atoms with van der Waals surface area (Å²) in [5.41, 5.74) is 13.5. The Morgan fingerprint density at radius 2 is 1.01 bits per heavy atom. The molecular formula is C93H69N7. The van der Waals surface area contributed by atoms with Gasteiger partial charge in [-0.25, -0.2) is 24.9 Å². The van der Waals surface area contributed by atoms with E-state index in [1.807, 2.05) is 30.6 Å². The first-order valence-corrected chi connectivity index (χ1v) is 34.7. The van der Waals surface area contributed by atoms with Gasteiger partial charge in [-0.15, -0.1) is 0 Å². The Hall–Kier alpha value is -12.5. The molecule has 14 aromatic rings. The third-order valence-corrected chi connectivity index (χ3v) is 19.8. The van der Waals surface area contributed by atoms with E-state index in [1.165, 1.54) is 81.7 Å². The van der Waals surface area contributed by atoms with Crippen LogP contribution in [-0.4, -0.2) is 42.7 Å². The maximum absolute atomic E-state index is 5.42. The van der Waals surface area contributed by atoms with Crippen LogP contribution in [0.2, 0.25) is 0 Å². The van der Waals surface area contributed by atoms with E-state index in [2.05, 4.69) is 321 Å². The van der Waals surface area contributed by atoms with Crippen molar-refractivity contribution in [2.24, 2.45) is 10.9 Å². The predicted octanol–water partition coefficient (Wildman–Crippen LogP) is 22.8. The van der Waals surface area contributed by atoms with Gasteiger partial charge in [0.25, 0.3) is 0 Å². The summed E-state index contributed by atoms with van der Waals surface area (Å²) in [6.07, 6.45) is 43.4. The summed E-state index contributed by atoms with van der Waals surface area (Å²) in [7, 11) is 0. The molecule has 476 valence electrons. The average Bonchev–Trinajstić information content (AvgIpc) is 0.758. The minimum Gasteiger partial charge on any atom is -0.292 e. The molecule has 4 aliphatic rings. The first kappa shape index (κ1) is 61.2. The number of aryl methyl sites for hydroxylation is 1. The largest absolute Gasteiger partial charge is 0.292 e. The smallest absolute Gasteiger partial charge is 0.164 e. The number of aromatic nitrogens is 6. The molecule has 0 amide bonds. The number of hydrogen-bond acceptors (Lipinski definition) is 7. The lowest BCUT2D eigenvalue weighted by atomic mass is 9.83. The number of allylic oxidation sites excluding steroid dienone is 15. The third kappa shape index (κ3) is 12.3. The van der Waals surface area contributed by atoms with Gasteiger partial charge in [-0.2, -0.15) is 0 Å². The van der Waals surface area contributed by atoms with Crippen molar-refractivity contribution >= 4 is 88.6 Å². The quantitative estimate of drug-likeness (QED) is 0.127. The lowest BCUT2D eigenvalue weighted by Gasteiger charge is -2.21. The van der Waals surface area contributed by atoms with Crippen molar-refractivity contribution < 1.29 is 0 Å². The van der Waals surface area contributed by atoms with Gasteiger partial charge in [-0.1, -0.05) is 291 Å². The lowest BCUT2D eigenvalue weighted by molar-refractivity contribution is 0.701. The molecule has 0 spiro atoms. The molecule has 0 saturated heterocycles. The van der Waals surface area contributed by atoms with Gasteiger partial charge < -0.3 is 0 Å². The number of fused-ring (bicyclic) bond motifs is 10. The van der Waals surface area contributed by atoms with Crippen LogP contribution < -0.4 is 0 Å². The van der Waals surface area contributed by atoms with E-state index in [1.54, 1.807) is 0 Å². The SMILES string of the molecule is C1=CC(/C=C/c2nc(-c3ccc(C4/C=C/C=C\C=C/C=NC4)cc3)nc(-c3cc4ccccc4c4ccccc34)n2)C(c2ccccc2)C=C1.C1=Cc2c(cc(-c3cc(-c4cc5ccccc5c5ccccc45)nc(C4C=CC(c5nccc6ccccc56)=CC4)n3)c3ccccc23)CC1. The van der Waals surface area contributed by atoms with E-state index in [0.29, 0.717) is 24.0 Å². The molecule has 11 aromatic carbocycles.